The van der Waals surface area contributed by atoms with Crippen LogP contribution in [-0.4, -0.2) is 69.4 Å². The number of fused-ring (bicyclic) bond motifs is 1. The SMILES string of the molecule is CCC(=O)CN1CCC(CCOc2ccc(-c3cc4c(nnn4C)c(C#N)n3)cc2C)CC1.O=CC(F)(F)F. The van der Waals surface area contributed by atoms with Crippen molar-refractivity contribution in [2.45, 2.75) is 45.7 Å². The molecule has 0 bridgehead atoms. The van der Waals surface area contributed by atoms with Gasteiger partial charge in [0, 0.05) is 19.0 Å². The summed E-state index contributed by atoms with van der Waals surface area (Å²) in [5.41, 5.74) is 4.24. The highest BCUT2D eigenvalue weighted by Crippen LogP contribution is 2.28. The van der Waals surface area contributed by atoms with Crippen LogP contribution >= 0.6 is 0 Å². The number of aromatic nitrogens is 4. The number of aryl methyl sites for hydroxylation is 2. The molecule has 3 heterocycles. The van der Waals surface area contributed by atoms with Gasteiger partial charge in [0.05, 0.1) is 24.4 Å². The molecule has 0 N–H and O–H groups in total. The number of aldehydes is 1. The molecule has 0 unspecified atom stereocenters. The first-order chi connectivity index (χ1) is 18.5. The van der Waals surface area contributed by atoms with Gasteiger partial charge in [-0.15, -0.1) is 5.10 Å². The maximum atomic E-state index is 11.6. The lowest BCUT2D eigenvalue weighted by Crippen LogP contribution is -2.37. The third-order valence-electron chi connectivity index (χ3n) is 6.60. The molecule has 1 fully saturated rings. The number of likely N-dealkylation sites (tertiary alicyclic amines) is 1. The summed E-state index contributed by atoms with van der Waals surface area (Å²) in [5, 5.41) is 17.5. The van der Waals surface area contributed by atoms with Crippen molar-refractivity contribution in [1.29, 1.82) is 5.26 Å². The first kappa shape index (κ1) is 29.7. The first-order valence-electron chi connectivity index (χ1n) is 12.7. The zero-order valence-electron chi connectivity index (χ0n) is 22.2. The van der Waals surface area contributed by atoms with Gasteiger partial charge in [-0.1, -0.05) is 12.1 Å². The monoisotopic (exact) mass is 544 g/mol. The fourth-order valence-corrected chi connectivity index (χ4v) is 4.36. The molecule has 0 atom stereocenters. The number of carbonyl (C=O) groups is 2. The highest BCUT2D eigenvalue weighted by Gasteiger charge is 2.25. The summed E-state index contributed by atoms with van der Waals surface area (Å²) < 4.78 is 39.0. The van der Waals surface area contributed by atoms with Gasteiger partial charge in [-0.2, -0.15) is 18.4 Å². The van der Waals surface area contributed by atoms with Gasteiger partial charge < -0.3 is 4.74 Å². The van der Waals surface area contributed by atoms with E-state index < -0.39 is 12.5 Å². The normalized spacial score (nSPS) is 14.4. The van der Waals surface area contributed by atoms with Crippen LogP contribution in [0.3, 0.4) is 0 Å². The van der Waals surface area contributed by atoms with Crippen molar-refractivity contribution in [3.63, 3.8) is 0 Å². The lowest BCUT2D eigenvalue weighted by Gasteiger charge is -2.31. The van der Waals surface area contributed by atoms with Crippen molar-refractivity contribution in [2.75, 3.05) is 26.2 Å². The molecule has 12 heteroatoms. The zero-order chi connectivity index (χ0) is 28.6. The van der Waals surface area contributed by atoms with Crippen LogP contribution in [0.5, 0.6) is 5.75 Å². The van der Waals surface area contributed by atoms with E-state index in [0.717, 1.165) is 54.7 Å². The van der Waals surface area contributed by atoms with Gasteiger partial charge in [0.2, 0.25) is 6.29 Å². The molecule has 1 saturated heterocycles. The standard InChI is InChI=1S/C25H30N6O2.C2HF3O/c1-4-20(32)16-31-10-7-18(8-11-31)9-12-33-24-6-5-19(13-17(24)2)21-14-23-25(22(15-26)27-21)28-29-30(23)3;3-2(4,5)1-6/h5-6,13-14,18H,4,7-12,16H2,1-3H3;1H. The van der Waals surface area contributed by atoms with Crippen LogP contribution in [0.2, 0.25) is 0 Å². The number of carbonyl (C=O) groups excluding carboxylic acids is 2. The molecule has 4 rings (SSSR count). The first-order valence-corrected chi connectivity index (χ1v) is 12.7. The van der Waals surface area contributed by atoms with Gasteiger partial charge in [0.15, 0.2) is 5.69 Å². The molecule has 39 heavy (non-hydrogen) atoms. The molecule has 0 saturated carbocycles. The van der Waals surface area contributed by atoms with Crippen molar-refractivity contribution in [3.05, 3.63) is 35.5 Å². The quantitative estimate of drug-likeness (QED) is 0.383. The number of ether oxygens (including phenoxy) is 1. The van der Waals surface area contributed by atoms with Gasteiger partial charge in [0.25, 0.3) is 0 Å². The molecule has 0 spiro atoms. The summed E-state index contributed by atoms with van der Waals surface area (Å²) in [6.45, 7) is 7.23. The van der Waals surface area contributed by atoms with Gasteiger partial charge in [0.1, 0.15) is 23.1 Å². The van der Waals surface area contributed by atoms with E-state index in [9.17, 15) is 23.2 Å². The molecule has 1 aromatic carbocycles. The van der Waals surface area contributed by atoms with E-state index in [4.69, 9.17) is 9.53 Å². The van der Waals surface area contributed by atoms with Crippen LogP contribution in [0.25, 0.3) is 22.3 Å². The van der Waals surface area contributed by atoms with Crippen LogP contribution in [-0.2, 0) is 16.6 Å². The number of Topliss-reactive ketones (excluding diaryl/α,β-unsaturated/α-hetero) is 1. The summed E-state index contributed by atoms with van der Waals surface area (Å²) in [5.74, 6) is 1.84. The van der Waals surface area contributed by atoms with E-state index in [1.807, 2.05) is 38.1 Å². The molecule has 208 valence electrons. The Labute approximate surface area is 224 Å². The smallest absolute Gasteiger partial charge is 0.446 e. The zero-order valence-corrected chi connectivity index (χ0v) is 22.2. The maximum absolute atomic E-state index is 11.6. The summed E-state index contributed by atoms with van der Waals surface area (Å²) >= 11 is 0. The van der Waals surface area contributed by atoms with E-state index in [-0.39, 0.29) is 5.69 Å². The second-order valence-corrected chi connectivity index (χ2v) is 9.44. The third-order valence-corrected chi connectivity index (χ3v) is 6.60. The van der Waals surface area contributed by atoms with Crippen LogP contribution in [0, 0.1) is 24.2 Å². The third kappa shape index (κ3) is 8.32. The van der Waals surface area contributed by atoms with E-state index >= 15 is 0 Å². The molecule has 1 aliphatic rings. The summed E-state index contributed by atoms with van der Waals surface area (Å²) in [6, 6.07) is 10.0. The predicted molar refractivity (Wildman–Crippen MR) is 138 cm³/mol. The molecule has 3 aromatic rings. The molecule has 2 aromatic heterocycles. The average Bonchev–Trinajstić information content (AvgIpc) is 3.30. The molecule has 0 amide bonds. The Balaban J connectivity index is 0.000000631. The van der Waals surface area contributed by atoms with E-state index in [1.54, 1.807) is 11.7 Å². The summed E-state index contributed by atoms with van der Waals surface area (Å²) in [7, 11) is 1.80. The number of alkyl halides is 3. The molecular weight excluding hydrogens is 513 g/mol. The van der Waals surface area contributed by atoms with Crippen LogP contribution in [0.15, 0.2) is 24.3 Å². The lowest BCUT2D eigenvalue weighted by molar-refractivity contribution is -0.156. The van der Waals surface area contributed by atoms with Crippen molar-refractivity contribution in [1.82, 2.24) is 24.9 Å². The van der Waals surface area contributed by atoms with E-state index in [2.05, 4.69) is 26.3 Å². The Hall–Kier alpha value is -3.85. The van der Waals surface area contributed by atoms with Crippen molar-refractivity contribution >= 4 is 23.1 Å². The fraction of sp³-hybridized carbons (Fsp3) is 0.481. The number of halogens is 3. The molecule has 0 aliphatic carbocycles. The second-order valence-electron chi connectivity index (χ2n) is 9.44. The number of benzene rings is 1. The van der Waals surface area contributed by atoms with E-state index in [0.29, 0.717) is 42.5 Å². The molecule has 1 aliphatic heterocycles. The van der Waals surface area contributed by atoms with Gasteiger partial charge in [-0.25, -0.2) is 9.67 Å². The number of nitrogens with zero attached hydrogens (tertiary/aromatic N) is 6. The highest BCUT2D eigenvalue weighted by atomic mass is 19.4. The van der Waals surface area contributed by atoms with Crippen LogP contribution in [0.4, 0.5) is 13.2 Å². The van der Waals surface area contributed by atoms with Crippen LogP contribution in [0.1, 0.15) is 43.9 Å². The Morgan fingerprint density at radius 1 is 1.26 bits per heavy atom. The van der Waals surface area contributed by atoms with Crippen molar-refractivity contribution in [2.24, 2.45) is 13.0 Å². The number of piperidine rings is 1. The van der Waals surface area contributed by atoms with Gasteiger partial charge in [-0.05, 0) is 75.0 Å². The van der Waals surface area contributed by atoms with E-state index in [1.165, 1.54) is 0 Å². The summed E-state index contributed by atoms with van der Waals surface area (Å²) in [6.07, 6.45) is -1.81. The minimum Gasteiger partial charge on any atom is -0.493 e. The van der Waals surface area contributed by atoms with Gasteiger partial charge >= 0.3 is 6.18 Å². The minimum absolute atomic E-state index is 0.277. The fourth-order valence-electron chi connectivity index (χ4n) is 4.36. The Bertz CT molecular complexity index is 1340. The van der Waals surface area contributed by atoms with Crippen molar-refractivity contribution < 1.29 is 27.5 Å². The summed E-state index contributed by atoms with van der Waals surface area (Å²) in [4.78, 5) is 27.1. The second kappa shape index (κ2) is 13.3. The van der Waals surface area contributed by atoms with Gasteiger partial charge in [-0.3, -0.25) is 14.5 Å². The predicted octanol–water partition coefficient (Wildman–Crippen LogP) is 4.42. The largest absolute Gasteiger partial charge is 0.493 e. The number of ketones is 1. The number of rotatable bonds is 8. The number of nitriles is 1. The Morgan fingerprint density at radius 2 is 1.95 bits per heavy atom. The molecule has 0 radical (unpaired) electrons. The Kier molecular flexibility index (Phi) is 10.1. The molecular formula is C27H31F3N6O3. The van der Waals surface area contributed by atoms with Crippen molar-refractivity contribution in [3.8, 4) is 23.1 Å². The Morgan fingerprint density at radius 3 is 2.54 bits per heavy atom. The number of hydrogen-bond donors (Lipinski definition) is 0. The topological polar surface area (TPSA) is 114 Å². The maximum Gasteiger partial charge on any atom is 0.446 e. The van der Waals surface area contributed by atoms with Crippen LogP contribution < -0.4 is 4.74 Å². The highest BCUT2D eigenvalue weighted by molar-refractivity contribution is 5.83. The average molecular weight is 545 g/mol. The number of hydrogen-bond acceptors (Lipinski definition) is 8. The minimum atomic E-state index is -4.64. The lowest BCUT2D eigenvalue weighted by atomic mass is 9.94. The molecule has 9 nitrogen and oxygen atoms in total. The number of pyridine rings is 1.